The summed E-state index contributed by atoms with van der Waals surface area (Å²) in [5.74, 6) is 1.26. The Balaban J connectivity index is 2.09. The summed E-state index contributed by atoms with van der Waals surface area (Å²) in [5, 5.41) is 12.5. The van der Waals surface area contributed by atoms with Gasteiger partial charge >= 0.3 is 5.97 Å². The molecule has 1 aliphatic carbocycles. The number of anilines is 1. The SMILES string of the molecule is Cc1cc(C(=O)O)cc(NC2CCC(C)C(C)C2)n1. The first-order valence-electron chi connectivity index (χ1n) is 6.94. The fourth-order valence-electron chi connectivity index (χ4n) is 2.75. The molecule has 19 heavy (non-hydrogen) atoms. The van der Waals surface area contributed by atoms with Gasteiger partial charge in [0.25, 0.3) is 0 Å². The minimum atomic E-state index is -0.904. The molecule has 1 saturated carbocycles. The molecular weight excluding hydrogens is 240 g/mol. The number of nitrogens with zero attached hydrogens (tertiary/aromatic N) is 1. The fourth-order valence-corrected chi connectivity index (χ4v) is 2.75. The van der Waals surface area contributed by atoms with Crippen LogP contribution in [0, 0.1) is 18.8 Å². The first-order valence-corrected chi connectivity index (χ1v) is 6.94. The molecule has 0 saturated heterocycles. The van der Waals surface area contributed by atoms with E-state index in [1.54, 1.807) is 12.1 Å². The maximum absolute atomic E-state index is 11.0. The van der Waals surface area contributed by atoms with Crippen LogP contribution in [0.25, 0.3) is 0 Å². The van der Waals surface area contributed by atoms with Gasteiger partial charge in [0, 0.05) is 11.7 Å². The average Bonchev–Trinajstić information content (AvgIpc) is 2.33. The van der Waals surface area contributed by atoms with E-state index in [9.17, 15) is 4.79 Å². The van der Waals surface area contributed by atoms with Gasteiger partial charge in [0.15, 0.2) is 0 Å². The van der Waals surface area contributed by atoms with Gasteiger partial charge in [-0.25, -0.2) is 9.78 Å². The lowest BCUT2D eigenvalue weighted by Gasteiger charge is -2.32. The molecule has 1 aromatic rings. The molecule has 0 amide bonds. The zero-order valence-electron chi connectivity index (χ0n) is 11.8. The van der Waals surface area contributed by atoms with Gasteiger partial charge < -0.3 is 10.4 Å². The van der Waals surface area contributed by atoms with Crippen LogP contribution in [-0.4, -0.2) is 22.1 Å². The average molecular weight is 262 g/mol. The molecule has 4 heteroatoms. The Bertz CT molecular complexity index is 473. The summed E-state index contributed by atoms with van der Waals surface area (Å²) >= 11 is 0. The van der Waals surface area contributed by atoms with E-state index in [0.29, 0.717) is 23.3 Å². The maximum atomic E-state index is 11.0. The third-order valence-electron chi connectivity index (χ3n) is 4.15. The zero-order chi connectivity index (χ0) is 14.0. The van der Waals surface area contributed by atoms with Gasteiger partial charge in [-0.15, -0.1) is 0 Å². The zero-order valence-corrected chi connectivity index (χ0v) is 11.8. The number of carbonyl (C=O) groups is 1. The number of rotatable bonds is 3. The highest BCUT2D eigenvalue weighted by Gasteiger charge is 2.24. The molecule has 3 unspecified atom stereocenters. The van der Waals surface area contributed by atoms with Gasteiger partial charge in [0.1, 0.15) is 5.82 Å². The lowest BCUT2D eigenvalue weighted by atomic mass is 9.79. The molecule has 0 aliphatic heterocycles. The lowest BCUT2D eigenvalue weighted by molar-refractivity contribution is 0.0696. The Morgan fingerprint density at radius 2 is 2.05 bits per heavy atom. The van der Waals surface area contributed by atoms with E-state index < -0.39 is 5.97 Å². The number of hydrogen-bond donors (Lipinski definition) is 2. The van der Waals surface area contributed by atoms with Crippen LogP contribution in [0.1, 0.15) is 49.2 Å². The molecule has 1 heterocycles. The molecule has 0 radical (unpaired) electrons. The predicted molar refractivity (Wildman–Crippen MR) is 75.5 cm³/mol. The third kappa shape index (κ3) is 3.46. The molecule has 0 bridgehead atoms. The van der Waals surface area contributed by atoms with Gasteiger partial charge in [0.05, 0.1) is 5.56 Å². The maximum Gasteiger partial charge on any atom is 0.335 e. The van der Waals surface area contributed by atoms with Crippen LogP contribution in [0.3, 0.4) is 0 Å². The minimum absolute atomic E-state index is 0.298. The first-order chi connectivity index (χ1) is 8.95. The molecule has 0 spiro atoms. The van der Waals surface area contributed by atoms with Crippen molar-refractivity contribution in [2.24, 2.45) is 11.8 Å². The molecule has 1 aliphatic rings. The van der Waals surface area contributed by atoms with Crippen LogP contribution in [0.4, 0.5) is 5.82 Å². The lowest BCUT2D eigenvalue weighted by Crippen LogP contribution is -2.30. The summed E-state index contributed by atoms with van der Waals surface area (Å²) in [6.45, 7) is 6.41. The number of aryl methyl sites for hydroxylation is 1. The summed E-state index contributed by atoms with van der Waals surface area (Å²) in [7, 11) is 0. The van der Waals surface area contributed by atoms with Crippen LogP contribution in [-0.2, 0) is 0 Å². The quantitative estimate of drug-likeness (QED) is 0.877. The number of hydrogen-bond acceptors (Lipinski definition) is 3. The predicted octanol–water partition coefficient (Wildman–Crippen LogP) is 3.32. The minimum Gasteiger partial charge on any atom is -0.478 e. The van der Waals surface area contributed by atoms with Gasteiger partial charge in [-0.3, -0.25) is 0 Å². The van der Waals surface area contributed by atoms with E-state index in [0.717, 1.165) is 24.5 Å². The van der Waals surface area contributed by atoms with E-state index >= 15 is 0 Å². The summed E-state index contributed by atoms with van der Waals surface area (Å²) in [4.78, 5) is 15.4. The number of pyridine rings is 1. The number of nitrogens with one attached hydrogen (secondary N) is 1. The fraction of sp³-hybridized carbons (Fsp3) is 0.600. The molecule has 2 N–H and O–H groups in total. The van der Waals surface area contributed by atoms with Gasteiger partial charge in [-0.05, 0) is 50.2 Å². The van der Waals surface area contributed by atoms with Crippen molar-refractivity contribution in [3.05, 3.63) is 23.4 Å². The molecule has 1 fully saturated rings. The second kappa shape index (κ2) is 5.59. The van der Waals surface area contributed by atoms with E-state index in [2.05, 4.69) is 24.1 Å². The number of aromatic nitrogens is 1. The summed E-state index contributed by atoms with van der Waals surface area (Å²) in [5.41, 5.74) is 1.03. The Labute approximate surface area is 114 Å². The van der Waals surface area contributed by atoms with Crippen molar-refractivity contribution in [1.82, 2.24) is 4.98 Å². The van der Waals surface area contributed by atoms with Gasteiger partial charge in [-0.1, -0.05) is 13.8 Å². The highest BCUT2D eigenvalue weighted by atomic mass is 16.4. The molecule has 104 valence electrons. The van der Waals surface area contributed by atoms with Crippen LogP contribution >= 0.6 is 0 Å². The second-order valence-electron chi connectivity index (χ2n) is 5.80. The highest BCUT2D eigenvalue weighted by molar-refractivity contribution is 5.88. The van der Waals surface area contributed by atoms with Gasteiger partial charge in [-0.2, -0.15) is 0 Å². The molecule has 4 nitrogen and oxygen atoms in total. The topological polar surface area (TPSA) is 62.2 Å². The Hall–Kier alpha value is -1.58. The summed E-state index contributed by atoms with van der Waals surface area (Å²) in [6, 6.07) is 3.62. The van der Waals surface area contributed by atoms with E-state index in [1.807, 2.05) is 6.92 Å². The monoisotopic (exact) mass is 262 g/mol. The van der Waals surface area contributed by atoms with Crippen LogP contribution in [0.5, 0.6) is 0 Å². The largest absolute Gasteiger partial charge is 0.478 e. The molecule has 1 aromatic heterocycles. The van der Waals surface area contributed by atoms with Crippen molar-refractivity contribution in [2.45, 2.75) is 46.1 Å². The Morgan fingerprint density at radius 1 is 1.32 bits per heavy atom. The van der Waals surface area contributed by atoms with Crippen molar-refractivity contribution in [3.8, 4) is 0 Å². The van der Waals surface area contributed by atoms with E-state index in [-0.39, 0.29) is 0 Å². The van der Waals surface area contributed by atoms with Crippen molar-refractivity contribution in [2.75, 3.05) is 5.32 Å². The molecule has 3 atom stereocenters. The van der Waals surface area contributed by atoms with Crippen LogP contribution in [0.15, 0.2) is 12.1 Å². The van der Waals surface area contributed by atoms with Crippen molar-refractivity contribution in [1.29, 1.82) is 0 Å². The summed E-state index contributed by atoms with van der Waals surface area (Å²) < 4.78 is 0. The van der Waals surface area contributed by atoms with Crippen LogP contribution in [0.2, 0.25) is 0 Å². The number of carboxylic acids is 1. The van der Waals surface area contributed by atoms with Crippen LogP contribution < -0.4 is 5.32 Å². The van der Waals surface area contributed by atoms with E-state index in [1.165, 1.54) is 6.42 Å². The molecule has 0 aromatic carbocycles. The molecular formula is C15H22N2O2. The smallest absolute Gasteiger partial charge is 0.335 e. The number of carboxylic acid groups (broad SMARTS) is 1. The Morgan fingerprint density at radius 3 is 2.68 bits per heavy atom. The molecule has 2 rings (SSSR count). The first kappa shape index (κ1) is 13.8. The highest BCUT2D eigenvalue weighted by Crippen LogP contribution is 2.30. The summed E-state index contributed by atoms with van der Waals surface area (Å²) in [6.07, 6.45) is 3.47. The standard InChI is InChI=1S/C15H22N2O2/c1-9-4-5-13(6-10(9)2)17-14-8-12(15(18)19)7-11(3)16-14/h7-10,13H,4-6H2,1-3H3,(H,16,17)(H,18,19). The second-order valence-corrected chi connectivity index (χ2v) is 5.80. The normalized spacial score (nSPS) is 27.0. The third-order valence-corrected chi connectivity index (χ3v) is 4.15. The van der Waals surface area contributed by atoms with Crippen molar-refractivity contribution < 1.29 is 9.90 Å². The van der Waals surface area contributed by atoms with E-state index in [4.69, 9.17) is 5.11 Å². The van der Waals surface area contributed by atoms with Crippen molar-refractivity contribution in [3.63, 3.8) is 0 Å². The Kier molecular flexibility index (Phi) is 4.08. The number of aromatic carboxylic acids is 1. The van der Waals surface area contributed by atoms with Crippen molar-refractivity contribution >= 4 is 11.8 Å². The van der Waals surface area contributed by atoms with Gasteiger partial charge in [0.2, 0.25) is 0 Å².